The van der Waals surface area contributed by atoms with Crippen LogP contribution < -0.4 is 0 Å². The van der Waals surface area contributed by atoms with Crippen molar-refractivity contribution in [3.63, 3.8) is 0 Å². The highest BCUT2D eigenvalue weighted by molar-refractivity contribution is 7.12. The Kier molecular flexibility index (Phi) is 4.15. The Morgan fingerprint density at radius 3 is 2.83 bits per heavy atom. The number of thiophene rings is 1. The first-order valence-corrected chi connectivity index (χ1v) is 6.91. The Hall–Kier alpha value is -1.19. The van der Waals surface area contributed by atoms with Gasteiger partial charge in [-0.1, -0.05) is 18.5 Å². The number of hydrogen-bond acceptors (Lipinski definition) is 2. The van der Waals surface area contributed by atoms with Crippen LogP contribution >= 0.6 is 22.9 Å². The van der Waals surface area contributed by atoms with Gasteiger partial charge in [0.25, 0.3) is 0 Å². The zero-order valence-electron chi connectivity index (χ0n) is 9.87. The van der Waals surface area contributed by atoms with Crippen LogP contribution in [0.2, 0.25) is 5.02 Å². The molecular weight excluding hydrogens is 271 g/mol. The molecule has 0 radical (unpaired) electrons. The molecule has 2 aromatic rings. The summed E-state index contributed by atoms with van der Waals surface area (Å²) in [7, 11) is 0. The molecule has 0 amide bonds. The van der Waals surface area contributed by atoms with Gasteiger partial charge in [-0.15, -0.1) is 11.3 Å². The standard InChI is InChI=1S/C14H12ClFOS/c1-2-9-5-6-18-14(9)13(17)8-10-7-11(15)3-4-12(10)16/h3-7H,2,8H2,1H3. The summed E-state index contributed by atoms with van der Waals surface area (Å²) in [5, 5.41) is 2.33. The number of hydrogen-bond donors (Lipinski definition) is 0. The number of Topliss-reactive ketones (excluding diaryl/α,β-unsaturated/α-hetero) is 1. The van der Waals surface area contributed by atoms with Crippen LogP contribution in [0.5, 0.6) is 0 Å². The third kappa shape index (κ3) is 2.79. The SMILES string of the molecule is CCc1ccsc1C(=O)Cc1cc(Cl)ccc1F. The van der Waals surface area contributed by atoms with Crippen molar-refractivity contribution in [3.8, 4) is 0 Å². The van der Waals surface area contributed by atoms with E-state index in [2.05, 4.69) is 0 Å². The molecule has 0 fully saturated rings. The van der Waals surface area contributed by atoms with E-state index in [9.17, 15) is 9.18 Å². The smallest absolute Gasteiger partial charge is 0.177 e. The average molecular weight is 283 g/mol. The lowest BCUT2D eigenvalue weighted by atomic mass is 10.0. The van der Waals surface area contributed by atoms with E-state index in [1.807, 2.05) is 18.4 Å². The molecule has 4 heteroatoms. The molecule has 2 rings (SSSR count). The van der Waals surface area contributed by atoms with E-state index in [1.165, 1.54) is 29.5 Å². The molecule has 0 bridgehead atoms. The van der Waals surface area contributed by atoms with Gasteiger partial charge in [-0.25, -0.2) is 4.39 Å². The summed E-state index contributed by atoms with van der Waals surface area (Å²) < 4.78 is 13.5. The molecule has 0 aliphatic carbocycles. The van der Waals surface area contributed by atoms with Crippen molar-refractivity contribution < 1.29 is 9.18 Å². The minimum absolute atomic E-state index is 0.0528. The summed E-state index contributed by atoms with van der Waals surface area (Å²) in [5.41, 5.74) is 1.37. The third-order valence-corrected chi connectivity index (χ3v) is 3.97. The van der Waals surface area contributed by atoms with Gasteiger partial charge < -0.3 is 0 Å². The van der Waals surface area contributed by atoms with Gasteiger partial charge in [-0.05, 0) is 47.2 Å². The minimum Gasteiger partial charge on any atom is -0.293 e. The summed E-state index contributed by atoms with van der Waals surface area (Å²) in [6, 6.07) is 6.22. The van der Waals surface area contributed by atoms with Crippen LogP contribution in [-0.4, -0.2) is 5.78 Å². The number of aryl methyl sites for hydroxylation is 1. The van der Waals surface area contributed by atoms with Crippen molar-refractivity contribution in [1.29, 1.82) is 0 Å². The van der Waals surface area contributed by atoms with E-state index in [0.29, 0.717) is 10.6 Å². The average Bonchev–Trinajstić information content (AvgIpc) is 2.82. The Labute approximate surface area is 114 Å². The molecule has 94 valence electrons. The molecule has 1 aromatic carbocycles. The summed E-state index contributed by atoms with van der Waals surface area (Å²) in [4.78, 5) is 12.8. The summed E-state index contributed by atoms with van der Waals surface area (Å²) >= 11 is 7.21. The maximum Gasteiger partial charge on any atom is 0.177 e. The fraction of sp³-hybridized carbons (Fsp3) is 0.214. The Morgan fingerprint density at radius 2 is 2.11 bits per heavy atom. The summed E-state index contributed by atoms with van der Waals surface area (Å²) in [5.74, 6) is -0.439. The molecule has 18 heavy (non-hydrogen) atoms. The van der Waals surface area contributed by atoms with Crippen molar-refractivity contribution in [3.05, 3.63) is 56.5 Å². The van der Waals surface area contributed by atoms with Crippen molar-refractivity contribution in [1.82, 2.24) is 0 Å². The van der Waals surface area contributed by atoms with Gasteiger partial charge >= 0.3 is 0 Å². The van der Waals surface area contributed by atoms with E-state index < -0.39 is 0 Å². The van der Waals surface area contributed by atoms with Gasteiger partial charge in [0.15, 0.2) is 5.78 Å². The van der Waals surface area contributed by atoms with Gasteiger partial charge in [0.05, 0.1) is 4.88 Å². The lowest BCUT2D eigenvalue weighted by Crippen LogP contribution is -2.05. The summed E-state index contributed by atoms with van der Waals surface area (Å²) in [6.45, 7) is 2.00. The number of rotatable bonds is 4. The lowest BCUT2D eigenvalue weighted by Gasteiger charge is -2.04. The molecule has 0 aliphatic rings. The minimum atomic E-state index is -0.387. The molecule has 0 unspecified atom stereocenters. The van der Waals surface area contributed by atoms with E-state index in [0.717, 1.165) is 16.9 Å². The maximum absolute atomic E-state index is 13.5. The van der Waals surface area contributed by atoms with Crippen LogP contribution in [0.4, 0.5) is 4.39 Å². The number of halogens is 2. The molecule has 1 heterocycles. The zero-order valence-corrected chi connectivity index (χ0v) is 11.4. The second-order valence-corrected chi connectivity index (χ2v) is 5.32. The Morgan fingerprint density at radius 1 is 1.33 bits per heavy atom. The number of ketones is 1. The van der Waals surface area contributed by atoms with Gasteiger partial charge in [0.1, 0.15) is 5.82 Å². The largest absolute Gasteiger partial charge is 0.293 e. The van der Waals surface area contributed by atoms with Gasteiger partial charge in [-0.3, -0.25) is 4.79 Å². The van der Waals surface area contributed by atoms with Crippen LogP contribution in [-0.2, 0) is 12.8 Å². The number of carbonyl (C=O) groups is 1. The first-order valence-electron chi connectivity index (χ1n) is 5.65. The second kappa shape index (κ2) is 5.63. The van der Waals surface area contributed by atoms with Crippen molar-refractivity contribution in [2.45, 2.75) is 19.8 Å². The molecule has 0 spiro atoms. The van der Waals surface area contributed by atoms with Gasteiger partial charge in [-0.2, -0.15) is 0 Å². The van der Waals surface area contributed by atoms with Crippen LogP contribution in [0, 0.1) is 5.82 Å². The molecule has 1 aromatic heterocycles. The van der Waals surface area contributed by atoms with E-state index in [1.54, 1.807) is 0 Å². The lowest BCUT2D eigenvalue weighted by molar-refractivity contribution is 0.0995. The predicted molar refractivity (Wildman–Crippen MR) is 73.1 cm³/mol. The monoisotopic (exact) mass is 282 g/mol. The van der Waals surface area contributed by atoms with Crippen molar-refractivity contribution in [2.75, 3.05) is 0 Å². The molecule has 1 nitrogen and oxygen atoms in total. The highest BCUT2D eigenvalue weighted by Crippen LogP contribution is 2.22. The normalized spacial score (nSPS) is 10.6. The second-order valence-electron chi connectivity index (χ2n) is 3.96. The molecule has 0 N–H and O–H groups in total. The molecular formula is C14H12ClFOS. The predicted octanol–water partition coefficient (Wildman–Crippen LogP) is 4.53. The van der Waals surface area contributed by atoms with Gasteiger partial charge in [0, 0.05) is 11.4 Å². The van der Waals surface area contributed by atoms with Crippen LogP contribution in [0.15, 0.2) is 29.6 Å². The van der Waals surface area contributed by atoms with Gasteiger partial charge in [0.2, 0.25) is 0 Å². The van der Waals surface area contributed by atoms with Crippen molar-refractivity contribution in [2.24, 2.45) is 0 Å². The molecule has 0 aliphatic heterocycles. The number of benzene rings is 1. The number of carbonyl (C=O) groups excluding carboxylic acids is 1. The first kappa shape index (κ1) is 13.2. The van der Waals surface area contributed by atoms with E-state index in [4.69, 9.17) is 11.6 Å². The van der Waals surface area contributed by atoms with E-state index in [-0.39, 0.29) is 18.0 Å². The van der Waals surface area contributed by atoms with E-state index >= 15 is 0 Å². The molecule has 0 atom stereocenters. The van der Waals surface area contributed by atoms with Crippen LogP contribution in [0.1, 0.15) is 27.7 Å². The highest BCUT2D eigenvalue weighted by Gasteiger charge is 2.15. The van der Waals surface area contributed by atoms with Crippen LogP contribution in [0.3, 0.4) is 0 Å². The fourth-order valence-electron chi connectivity index (χ4n) is 1.79. The molecule has 0 saturated carbocycles. The molecule has 0 saturated heterocycles. The highest BCUT2D eigenvalue weighted by atomic mass is 35.5. The fourth-order valence-corrected chi connectivity index (χ4v) is 2.92. The third-order valence-electron chi connectivity index (χ3n) is 2.74. The Balaban J connectivity index is 2.24. The maximum atomic E-state index is 13.5. The Bertz CT molecular complexity index is 577. The van der Waals surface area contributed by atoms with Crippen molar-refractivity contribution >= 4 is 28.7 Å². The first-order chi connectivity index (χ1) is 8.61. The topological polar surface area (TPSA) is 17.1 Å². The zero-order chi connectivity index (χ0) is 13.1. The summed E-state index contributed by atoms with van der Waals surface area (Å²) in [6.07, 6.45) is 0.864. The van der Waals surface area contributed by atoms with Crippen LogP contribution in [0.25, 0.3) is 0 Å². The quantitative estimate of drug-likeness (QED) is 0.753.